The predicted molar refractivity (Wildman–Crippen MR) is 105 cm³/mol. The highest BCUT2D eigenvalue weighted by Gasteiger charge is 2.29. The zero-order valence-electron chi connectivity index (χ0n) is 17.0. The zero-order chi connectivity index (χ0) is 22.3. The minimum atomic E-state index is -4.41. The molecule has 1 atom stereocenters. The molecule has 0 saturated carbocycles. The van der Waals surface area contributed by atoms with Gasteiger partial charge in [0.25, 0.3) is 5.91 Å². The zero-order valence-corrected chi connectivity index (χ0v) is 17.0. The van der Waals surface area contributed by atoms with Gasteiger partial charge >= 0.3 is 12.1 Å². The van der Waals surface area contributed by atoms with Gasteiger partial charge in [0.15, 0.2) is 0 Å². The average molecular weight is 423 g/mol. The van der Waals surface area contributed by atoms with Gasteiger partial charge in [-0.15, -0.1) is 0 Å². The van der Waals surface area contributed by atoms with Crippen LogP contribution in [0.15, 0.2) is 42.5 Å². The van der Waals surface area contributed by atoms with Crippen LogP contribution in [0.4, 0.5) is 13.2 Å². The van der Waals surface area contributed by atoms with E-state index < -0.39 is 17.6 Å². The maximum absolute atomic E-state index is 12.6. The second-order valence-corrected chi connectivity index (χ2v) is 6.77. The largest absolute Gasteiger partial charge is 0.496 e. The summed E-state index contributed by atoms with van der Waals surface area (Å²) in [7, 11) is 1.43. The maximum Gasteiger partial charge on any atom is 0.416 e. The Balaban J connectivity index is 2.09. The molecule has 1 N–H and O–H groups in total. The Bertz CT molecular complexity index is 879. The van der Waals surface area contributed by atoms with Crippen molar-refractivity contribution >= 4 is 11.9 Å². The van der Waals surface area contributed by atoms with Crippen LogP contribution in [0.1, 0.15) is 40.9 Å². The first-order chi connectivity index (χ1) is 14.2. The van der Waals surface area contributed by atoms with E-state index in [0.29, 0.717) is 24.3 Å². The fourth-order valence-corrected chi connectivity index (χ4v) is 2.87. The number of hydrogen-bond acceptors (Lipinski definition) is 4. The van der Waals surface area contributed by atoms with Crippen molar-refractivity contribution in [1.29, 1.82) is 0 Å². The number of carbonyl (C=O) groups excluding carboxylic acids is 2. The Kier molecular flexibility index (Phi) is 7.86. The van der Waals surface area contributed by atoms with Gasteiger partial charge in [-0.1, -0.05) is 25.1 Å². The molecular weight excluding hydrogens is 399 g/mol. The topological polar surface area (TPSA) is 64.6 Å². The van der Waals surface area contributed by atoms with Gasteiger partial charge in [-0.05, 0) is 48.7 Å². The second-order valence-electron chi connectivity index (χ2n) is 6.77. The van der Waals surface area contributed by atoms with E-state index in [1.165, 1.54) is 19.2 Å². The van der Waals surface area contributed by atoms with E-state index in [1.54, 1.807) is 32.0 Å². The van der Waals surface area contributed by atoms with Gasteiger partial charge in [0.05, 0.1) is 30.8 Å². The standard InChI is InChI=1S/C22H24F3NO4/c1-4-30-21(28)14(2)11-16-7-10-19(29-3)18(12-16)20(27)26-13-15-5-8-17(9-6-15)22(23,24)25/h5-10,12,14H,4,11,13H2,1-3H3,(H,26,27). The first-order valence-corrected chi connectivity index (χ1v) is 9.43. The second kappa shape index (κ2) is 10.1. The molecule has 0 aliphatic carbocycles. The number of halogens is 3. The van der Waals surface area contributed by atoms with Gasteiger partial charge in [-0.25, -0.2) is 0 Å². The number of benzene rings is 2. The van der Waals surface area contributed by atoms with Crippen LogP contribution in [-0.4, -0.2) is 25.6 Å². The van der Waals surface area contributed by atoms with E-state index in [1.807, 2.05) is 0 Å². The molecule has 2 aromatic rings. The van der Waals surface area contributed by atoms with Gasteiger partial charge in [0, 0.05) is 6.54 Å². The summed E-state index contributed by atoms with van der Waals surface area (Å²) in [6, 6.07) is 9.62. The van der Waals surface area contributed by atoms with Crippen molar-refractivity contribution in [1.82, 2.24) is 5.32 Å². The third kappa shape index (κ3) is 6.23. The first-order valence-electron chi connectivity index (χ1n) is 9.43. The smallest absolute Gasteiger partial charge is 0.416 e. The number of amides is 1. The minimum absolute atomic E-state index is 0.0591. The van der Waals surface area contributed by atoms with Gasteiger partial charge in [0.2, 0.25) is 0 Å². The summed E-state index contributed by atoms with van der Waals surface area (Å²) in [6.07, 6.45) is -4.02. The van der Waals surface area contributed by atoms with E-state index in [2.05, 4.69) is 5.32 Å². The average Bonchev–Trinajstić information content (AvgIpc) is 2.71. The monoisotopic (exact) mass is 423 g/mol. The van der Waals surface area contributed by atoms with Gasteiger partial charge in [-0.3, -0.25) is 9.59 Å². The van der Waals surface area contributed by atoms with Crippen LogP contribution in [0.5, 0.6) is 5.75 Å². The lowest BCUT2D eigenvalue weighted by atomic mass is 9.99. The molecule has 2 aromatic carbocycles. The van der Waals surface area contributed by atoms with Crippen LogP contribution in [0.25, 0.3) is 0 Å². The number of rotatable bonds is 8. The first kappa shape index (κ1) is 23.3. The molecule has 1 amide bonds. The van der Waals surface area contributed by atoms with E-state index in [-0.39, 0.29) is 24.0 Å². The number of alkyl halides is 3. The molecule has 1 unspecified atom stereocenters. The number of esters is 1. The van der Waals surface area contributed by atoms with Crippen molar-refractivity contribution in [3.63, 3.8) is 0 Å². The Morgan fingerprint density at radius 3 is 2.27 bits per heavy atom. The lowest BCUT2D eigenvalue weighted by Crippen LogP contribution is -2.24. The molecule has 0 aliphatic heterocycles. The van der Waals surface area contributed by atoms with Crippen molar-refractivity contribution < 1.29 is 32.2 Å². The van der Waals surface area contributed by atoms with Gasteiger partial charge in [-0.2, -0.15) is 13.2 Å². The Morgan fingerprint density at radius 1 is 1.07 bits per heavy atom. The summed E-state index contributed by atoms with van der Waals surface area (Å²) in [5.74, 6) is -0.770. The maximum atomic E-state index is 12.6. The Labute approximate surface area is 173 Å². The summed E-state index contributed by atoms with van der Waals surface area (Å²) in [5.41, 5.74) is 0.819. The molecule has 0 bridgehead atoms. The molecule has 5 nitrogen and oxygen atoms in total. The molecule has 0 heterocycles. The fraction of sp³-hybridized carbons (Fsp3) is 0.364. The number of methoxy groups -OCH3 is 1. The van der Waals surface area contributed by atoms with Crippen molar-refractivity contribution in [2.75, 3.05) is 13.7 Å². The Hall–Kier alpha value is -3.03. The summed E-state index contributed by atoms with van der Waals surface area (Å²) in [4.78, 5) is 24.5. The number of ether oxygens (including phenoxy) is 2. The molecule has 30 heavy (non-hydrogen) atoms. The quantitative estimate of drug-likeness (QED) is 0.640. The minimum Gasteiger partial charge on any atom is -0.496 e. The third-order valence-corrected chi connectivity index (χ3v) is 4.47. The van der Waals surface area contributed by atoms with E-state index >= 15 is 0 Å². The van der Waals surface area contributed by atoms with Crippen LogP contribution in [-0.2, 0) is 28.7 Å². The summed E-state index contributed by atoms with van der Waals surface area (Å²) in [5, 5.41) is 2.68. The van der Waals surface area contributed by atoms with E-state index in [0.717, 1.165) is 17.7 Å². The number of hydrogen-bond donors (Lipinski definition) is 1. The molecule has 162 valence electrons. The number of nitrogens with one attached hydrogen (secondary N) is 1. The van der Waals surface area contributed by atoms with Crippen LogP contribution >= 0.6 is 0 Å². The summed E-state index contributed by atoms with van der Waals surface area (Å²) < 4.78 is 48.2. The van der Waals surface area contributed by atoms with Crippen molar-refractivity contribution in [2.24, 2.45) is 5.92 Å². The molecule has 0 spiro atoms. The summed E-state index contributed by atoms with van der Waals surface area (Å²) >= 11 is 0. The van der Waals surface area contributed by atoms with Crippen molar-refractivity contribution in [2.45, 2.75) is 33.0 Å². The normalized spacial score (nSPS) is 12.2. The van der Waals surface area contributed by atoms with Crippen molar-refractivity contribution in [3.8, 4) is 5.75 Å². The molecule has 0 saturated heterocycles. The van der Waals surface area contributed by atoms with Crippen LogP contribution in [0.2, 0.25) is 0 Å². The lowest BCUT2D eigenvalue weighted by Gasteiger charge is -2.14. The predicted octanol–water partition coefficient (Wildman–Crippen LogP) is 4.39. The fourth-order valence-electron chi connectivity index (χ4n) is 2.87. The third-order valence-electron chi connectivity index (χ3n) is 4.47. The SMILES string of the molecule is CCOC(=O)C(C)Cc1ccc(OC)c(C(=O)NCc2ccc(C(F)(F)F)cc2)c1. The molecule has 0 aromatic heterocycles. The summed E-state index contributed by atoms with van der Waals surface area (Å²) in [6.45, 7) is 3.83. The molecule has 2 rings (SSSR count). The Morgan fingerprint density at radius 2 is 1.70 bits per heavy atom. The van der Waals surface area contributed by atoms with Crippen molar-refractivity contribution in [3.05, 3.63) is 64.7 Å². The molecule has 8 heteroatoms. The van der Waals surface area contributed by atoms with Gasteiger partial charge in [0.1, 0.15) is 5.75 Å². The highest BCUT2D eigenvalue weighted by Crippen LogP contribution is 2.29. The molecule has 0 aliphatic rings. The highest BCUT2D eigenvalue weighted by molar-refractivity contribution is 5.97. The van der Waals surface area contributed by atoms with E-state index in [4.69, 9.17) is 9.47 Å². The molecule has 0 fully saturated rings. The number of carbonyl (C=O) groups is 2. The molecule has 0 radical (unpaired) electrons. The highest BCUT2D eigenvalue weighted by atomic mass is 19.4. The van der Waals surface area contributed by atoms with Crippen LogP contribution < -0.4 is 10.1 Å². The molecular formula is C22H24F3NO4. The lowest BCUT2D eigenvalue weighted by molar-refractivity contribution is -0.147. The van der Waals surface area contributed by atoms with Gasteiger partial charge < -0.3 is 14.8 Å². The van der Waals surface area contributed by atoms with E-state index in [9.17, 15) is 22.8 Å². The van der Waals surface area contributed by atoms with Crippen LogP contribution in [0, 0.1) is 5.92 Å². The van der Waals surface area contributed by atoms with Crippen LogP contribution in [0.3, 0.4) is 0 Å².